The predicted molar refractivity (Wildman–Crippen MR) is 121 cm³/mol. The molecule has 0 amide bonds. The van der Waals surface area contributed by atoms with Crippen molar-refractivity contribution in [3.8, 4) is 11.4 Å². The van der Waals surface area contributed by atoms with Crippen LogP contribution in [0.25, 0.3) is 11.4 Å². The molecule has 1 saturated heterocycles. The Morgan fingerprint density at radius 3 is 2.44 bits per heavy atom. The van der Waals surface area contributed by atoms with Gasteiger partial charge in [-0.05, 0) is 39.2 Å². The maximum Gasteiger partial charge on any atom is 0.165 e. The molecule has 1 aliphatic carbocycles. The molecule has 1 aliphatic heterocycles. The molecule has 0 unspecified atom stereocenters. The van der Waals surface area contributed by atoms with Crippen molar-refractivity contribution in [2.75, 3.05) is 24.1 Å². The van der Waals surface area contributed by atoms with Crippen LogP contribution in [0, 0.1) is 5.41 Å². The summed E-state index contributed by atoms with van der Waals surface area (Å²) in [6.45, 7) is 7.92. The van der Waals surface area contributed by atoms with Crippen molar-refractivity contribution >= 4 is 17.3 Å². The molecule has 4 heterocycles. The van der Waals surface area contributed by atoms with Gasteiger partial charge in [0.15, 0.2) is 11.6 Å². The summed E-state index contributed by atoms with van der Waals surface area (Å²) in [5.74, 6) is 2.63. The molecule has 166 valence electrons. The molecule has 10 heteroatoms. The van der Waals surface area contributed by atoms with Crippen molar-refractivity contribution in [2.24, 2.45) is 0 Å². The van der Waals surface area contributed by atoms with E-state index in [0.717, 1.165) is 37.3 Å². The first kappa shape index (κ1) is 20.5. The van der Waals surface area contributed by atoms with Gasteiger partial charge in [-0.3, -0.25) is 5.41 Å². The molecule has 5 rings (SSSR count). The lowest BCUT2D eigenvalue weighted by molar-refractivity contribution is 0.384. The quantitative estimate of drug-likeness (QED) is 0.430. The fraction of sp³-hybridized carbons (Fsp3) is 0.455. The van der Waals surface area contributed by atoms with Gasteiger partial charge >= 0.3 is 0 Å². The number of nitrogens with one attached hydrogen (secondary N) is 3. The Balaban J connectivity index is 1.57. The summed E-state index contributed by atoms with van der Waals surface area (Å²) in [5, 5.41) is 19.8. The number of hydrogen-bond donors (Lipinski definition) is 4. The molecule has 3 aromatic rings. The number of rotatable bonds is 6. The summed E-state index contributed by atoms with van der Waals surface area (Å²) in [6.07, 6.45) is 7.15. The molecule has 2 fully saturated rings. The van der Waals surface area contributed by atoms with Crippen LogP contribution in [-0.2, 0) is 0 Å². The summed E-state index contributed by atoms with van der Waals surface area (Å²) in [7, 11) is 0. The summed E-state index contributed by atoms with van der Waals surface area (Å²) < 4.78 is 5.72. The third-order valence-electron chi connectivity index (χ3n) is 5.67. The molecule has 5 N–H and O–H groups in total. The highest BCUT2D eigenvalue weighted by Crippen LogP contribution is 2.45. The minimum absolute atomic E-state index is 0.0800. The van der Waals surface area contributed by atoms with Crippen LogP contribution >= 0.6 is 0 Å². The van der Waals surface area contributed by atoms with Gasteiger partial charge in [-0.2, -0.15) is 0 Å². The smallest absolute Gasteiger partial charge is 0.165 e. The fourth-order valence-corrected chi connectivity index (χ4v) is 3.73. The van der Waals surface area contributed by atoms with Crippen LogP contribution in [0.1, 0.15) is 68.0 Å². The van der Waals surface area contributed by atoms with Crippen molar-refractivity contribution in [1.82, 2.24) is 30.4 Å². The zero-order valence-corrected chi connectivity index (χ0v) is 18.4. The molecule has 0 bridgehead atoms. The average molecular weight is 434 g/mol. The van der Waals surface area contributed by atoms with Gasteiger partial charge in [0.25, 0.3) is 0 Å². The molecule has 1 saturated carbocycles. The van der Waals surface area contributed by atoms with Crippen LogP contribution in [0.15, 0.2) is 23.2 Å². The van der Waals surface area contributed by atoms with Crippen molar-refractivity contribution in [2.45, 2.75) is 51.0 Å². The van der Waals surface area contributed by atoms with Gasteiger partial charge in [0.05, 0.1) is 16.8 Å². The number of nitrogens with zero attached hydrogens (tertiary/aromatic N) is 5. The number of aromatic nitrogens is 5. The van der Waals surface area contributed by atoms with Crippen LogP contribution < -0.4 is 16.4 Å². The molecule has 3 aromatic heterocycles. The van der Waals surface area contributed by atoms with E-state index in [2.05, 4.69) is 35.7 Å². The summed E-state index contributed by atoms with van der Waals surface area (Å²) >= 11 is 0. The highest BCUT2D eigenvalue weighted by molar-refractivity contribution is 6.17. The summed E-state index contributed by atoms with van der Waals surface area (Å²) in [4.78, 5) is 17.7. The Kier molecular flexibility index (Phi) is 4.89. The molecule has 0 radical (unpaired) electrons. The molecule has 32 heavy (non-hydrogen) atoms. The minimum Gasteiger partial charge on any atom is -0.383 e. The monoisotopic (exact) mass is 433 g/mol. The van der Waals surface area contributed by atoms with E-state index in [1.54, 1.807) is 0 Å². The zero-order valence-electron chi connectivity index (χ0n) is 18.4. The highest BCUT2D eigenvalue weighted by Gasteiger charge is 2.36. The number of nitrogen functional groups attached to an aromatic ring is 1. The number of anilines is 2. The molecule has 2 aliphatic rings. The Labute approximate surface area is 186 Å². The molecule has 0 aromatic carbocycles. The van der Waals surface area contributed by atoms with Crippen molar-refractivity contribution in [1.29, 1.82) is 5.41 Å². The molecule has 0 spiro atoms. The standard InChI is InChI=1S/C22H27N9O/c1-22(2,3)30-21-14(19(24)28-10-29-21)16(23)17-15(18(32-31-17)11-4-5-11)20-26-8-13(9-27-20)12-6-25-7-12/h8-12,23,25H,4-7H2,1-3H3,(H3,24,28,29,30). The third-order valence-corrected chi connectivity index (χ3v) is 5.67. The highest BCUT2D eigenvalue weighted by atomic mass is 16.5. The van der Waals surface area contributed by atoms with E-state index < -0.39 is 0 Å². The Morgan fingerprint density at radius 1 is 1.12 bits per heavy atom. The van der Waals surface area contributed by atoms with E-state index in [-0.39, 0.29) is 23.0 Å². The van der Waals surface area contributed by atoms with Gasteiger partial charge in [-0.15, -0.1) is 0 Å². The lowest BCUT2D eigenvalue weighted by Crippen LogP contribution is -2.39. The first-order valence-electron chi connectivity index (χ1n) is 10.8. The van der Waals surface area contributed by atoms with E-state index in [0.29, 0.717) is 34.4 Å². The molecule has 0 atom stereocenters. The first-order chi connectivity index (χ1) is 15.3. The zero-order chi connectivity index (χ0) is 22.5. The first-order valence-corrected chi connectivity index (χ1v) is 10.8. The number of hydrogen-bond acceptors (Lipinski definition) is 10. The average Bonchev–Trinajstić information content (AvgIpc) is 3.44. The van der Waals surface area contributed by atoms with Gasteiger partial charge < -0.3 is 20.9 Å². The third kappa shape index (κ3) is 3.81. The normalized spacial score (nSPS) is 16.6. The van der Waals surface area contributed by atoms with E-state index in [1.807, 2.05) is 33.2 Å². The second-order valence-corrected chi connectivity index (χ2v) is 9.47. The van der Waals surface area contributed by atoms with Gasteiger partial charge in [0.2, 0.25) is 0 Å². The van der Waals surface area contributed by atoms with Crippen molar-refractivity contribution < 1.29 is 4.52 Å². The lowest BCUT2D eigenvalue weighted by Gasteiger charge is -2.26. The maximum absolute atomic E-state index is 8.99. The van der Waals surface area contributed by atoms with Crippen LogP contribution in [0.2, 0.25) is 0 Å². The second-order valence-electron chi connectivity index (χ2n) is 9.47. The van der Waals surface area contributed by atoms with Crippen molar-refractivity contribution in [3.63, 3.8) is 0 Å². The van der Waals surface area contributed by atoms with E-state index in [4.69, 9.17) is 15.7 Å². The molecular formula is C22H27N9O. The Morgan fingerprint density at radius 2 is 1.84 bits per heavy atom. The SMILES string of the molecule is CC(C)(C)Nc1ncnc(N)c1C(=N)c1noc(C2CC2)c1-c1ncc(C2CNC2)cn1. The van der Waals surface area contributed by atoms with Gasteiger partial charge in [0.1, 0.15) is 23.7 Å². The lowest BCUT2D eigenvalue weighted by atomic mass is 9.96. The van der Waals surface area contributed by atoms with Crippen molar-refractivity contribution in [3.05, 3.63) is 41.3 Å². The van der Waals surface area contributed by atoms with Gasteiger partial charge in [-0.1, -0.05) is 5.16 Å². The fourth-order valence-electron chi connectivity index (χ4n) is 3.73. The van der Waals surface area contributed by atoms with Crippen LogP contribution in [0.3, 0.4) is 0 Å². The topological polar surface area (TPSA) is 152 Å². The Bertz CT molecular complexity index is 1160. The van der Waals surface area contributed by atoms with Crippen LogP contribution in [-0.4, -0.2) is 49.4 Å². The Hall–Kier alpha value is -3.40. The largest absolute Gasteiger partial charge is 0.383 e. The summed E-state index contributed by atoms with van der Waals surface area (Å²) in [5.41, 5.74) is 8.48. The molecular weight excluding hydrogens is 406 g/mol. The summed E-state index contributed by atoms with van der Waals surface area (Å²) in [6, 6.07) is 0. The van der Waals surface area contributed by atoms with E-state index in [9.17, 15) is 0 Å². The minimum atomic E-state index is -0.281. The van der Waals surface area contributed by atoms with Crippen LogP contribution in [0.5, 0.6) is 0 Å². The maximum atomic E-state index is 8.99. The molecule has 10 nitrogen and oxygen atoms in total. The predicted octanol–water partition coefficient (Wildman–Crippen LogP) is 2.69. The van der Waals surface area contributed by atoms with E-state index >= 15 is 0 Å². The second kappa shape index (κ2) is 7.63. The van der Waals surface area contributed by atoms with Crippen LogP contribution in [0.4, 0.5) is 11.6 Å². The number of nitrogens with two attached hydrogens (primary N) is 1. The van der Waals surface area contributed by atoms with Gasteiger partial charge in [0, 0.05) is 42.9 Å². The van der Waals surface area contributed by atoms with Gasteiger partial charge in [-0.25, -0.2) is 19.9 Å². The van der Waals surface area contributed by atoms with E-state index in [1.165, 1.54) is 6.33 Å².